The quantitative estimate of drug-likeness (QED) is 0.693. The highest BCUT2D eigenvalue weighted by atomic mass is 35.5. The molecule has 6 heteroatoms. The zero-order valence-electron chi connectivity index (χ0n) is 12.7. The third kappa shape index (κ3) is 2.95. The van der Waals surface area contributed by atoms with Crippen LogP contribution in [0.15, 0.2) is 42.9 Å². The second kappa shape index (κ2) is 6.28. The Hall–Kier alpha value is -1.95. The second-order valence-electron chi connectivity index (χ2n) is 5.63. The van der Waals surface area contributed by atoms with Crippen molar-refractivity contribution in [2.75, 3.05) is 26.3 Å². The Labute approximate surface area is 139 Å². The van der Waals surface area contributed by atoms with E-state index >= 15 is 0 Å². The van der Waals surface area contributed by atoms with Crippen molar-refractivity contribution < 1.29 is 4.74 Å². The standard InChI is InChI=1S/C17H17ClN4O/c18-17-15(2-1-5-19-17)13-3-4-16-20-10-14(22(16)11-13)12-21-6-8-23-9-7-21/h1-5,10-11H,6-9,12H2. The van der Waals surface area contributed by atoms with E-state index in [0.717, 1.165) is 49.6 Å². The predicted molar refractivity (Wildman–Crippen MR) is 89.5 cm³/mol. The monoisotopic (exact) mass is 328 g/mol. The minimum absolute atomic E-state index is 0.515. The number of nitrogens with zero attached hydrogens (tertiary/aromatic N) is 4. The lowest BCUT2D eigenvalue weighted by Crippen LogP contribution is -2.35. The van der Waals surface area contributed by atoms with Crippen LogP contribution in [0.4, 0.5) is 0 Å². The van der Waals surface area contributed by atoms with Crippen LogP contribution in [-0.2, 0) is 11.3 Å². The largest absolute Gasteiger partial charge is 0.379 e. The molecule has 0 N–H and O–H groups in total. The molecule has 4 rings (SSSR count). The molecule has 0 bridgehead atoms. The highest BCUT2D eigenvalue weighted by Gasteiger charge is 2.14. The van der Waals surface area contributed by atoms with Gasteiger partial charge in [-0.3, -0.25) is 4.90 Å². The van der Waals surface area contributed by atoms with Crippen molar-refractivity contribution in [3.63, 3.8) is 0 Å². The Balaban J connectivity index is 1.70. The number of fused-ring (bicyclic) bond motifs is 1. The normalized spacial score (nSPS) is 16.0. The van der Waals surface area contributed by atoms with Gasteiger partial charge in [0.25, 0.3) is 0 Å². The van der Waals surface area contributed by atoms with Crippen LogP contribution in [0.5, 0.6) is 0 Å². The van der Waals surface area contributed by atoms with Crippen molar-refractivity contribution in [2.24, 2.45) is 0 Å². The van der Waals surface area contributed by atoms with Crippen molar-refractivity contribution in [3.8, 4) is 11.1 Å². The molecule has 0 unspecified atom stereocenters. The SMILES string of the molecule is Clc1ncccc1-c1ccc2ncc(CN3CCOCC3)n2c1. The Morgan fingerprint density at radius 3 is 2.83 bits per heavy atom. The molecule has 0 saturated carbocycles. The number of halogens is 1. The number of ether oxygens (including phenoxy) is 1. The summed E-state index contributed by atoms with van der Waals surface area (Å²) in [5.41, 5.74) is 4.08. The number of hydrogen-bond donors (Lipinski definition) is 0. The van der Waals surface area contributed by atoms with Crippen molar-refractivity contribution in [1.82, 2.24) is 19.3 Å². The molecule has 0 aliphatic carbocycles. The number of hydrogen-bond acceptors (Lipinski definition) is 4. The van der Waals surface area contributed by atoms with Crippen LogP contribution in [0, 0.1) is 0 Å². The summed E-state index contributed by atoms with van der Waals surface area (Å²) in [6, 6.07) is 7.92. The van der Waals surface area contributed by atoms with Gasteiger partial charge in [-0.2, -0.15) is 0 Å². The molecule has 118 valence electrons. The van der Waals surface area contributed by atoms with E-state index in [2.05, 4.69) is 25.5 Å². The summed E-state index contributed by atoms with van der Waals surface area (Å²) in [5, 5.41) is 0.515. The minimum Gasteiger partial charge on any atom is -0.379 e. The molecule has 0 atom stereocenters. The van der Waals surface area contributed by atoms with Crippen LogP contribution in [0.25, 0.3) is 16.8 Å². The Morgan fingerprint density at radius 1 is 1.13 bits per heavy atom. The van der Waals surface area contributed by atoms with Crippen LogP contribution >= 0.6 is 11.6 Å². The van der Waals surface area contributed by atoms with Gasteiger partial charge in [0, 0.05) is 43.2 Å². The third-order valence-corrected chi connectivity index (χ3v) is 4.44. The smallest absolute Gasteiger partial charge is 0.136 e. The Bertz CT molecular complexity index is 826. The van der Waals surface area contributed by atoms with Crippen molar-refractivity contribution >= 4 is 17.2 Å². The van der Waals surface area contributed by atoms with Gasteiger partial charge in [0.1, 0.15) is 10.8 Å². The third-order valence-electron chi connectivity index (χ3n) is 4.14. The van der Waals surface area contributed by atoms with E-state index in [1.807, 2.05) is 30.5 Å². The summed E-state index contributed by atoms with van der Waals surface area (Å²) in [6.07, 6.45) is 5.73. The van der Waals surface area contributed by atoms with Gasteiger partial charge in [-0.15, -0.1) is 0 Å². The molecule has 0 amide bonds. The summed E-state index contributed by atoms with van der Waals surface area (Å²) in [7, 11) is 0. The first-order valence-electron chi connectivity index (χ1n) is 7.68. The van der Waals surface area contributed by atoms with E-state index in [0.29, 0.717) is 5.15 Å². The van der Waals surface area contributed by atoms with Crippen LogP contribution in [0.3, 0.4) is 0 Å². The van der Waals surface area contributed by atoms with Gasteiger partial charge in [-0.05, 0) is 24.3 Å². The maximum absolute atomic E-state index is 6.22. The van der Waals surface area contributed by atoms with E-state index in [1.54, 1.807) is 6.20 Å². The van der Waals surface area contributed by atoms with Crippen molar-refractivity contribution in [1.29, 1.82) is 0 Å². The topological polar surface area (TPSA) is 42.7 Å². The van der Waals surface area contributed by atoms with Crippen LogP contribution < -0.4 is 0 Å². The number of morpholine rings is 1. The molecule has 5 nitrogen and oxygen atoms in total. The highest BCUT2D eigenvalue weighted by molar-refractivity contribution is 6.32. The van der Waals surface area contributed by atoms with E-state index in [1.165, 1.54) is 5.69 Å². The van der Waals surface area contributed by atoms with E-state index in [4.69, 9.17) is 16.3 Å². The maximum Gasteiger partial charge on any atom is 0.136 e. The maximum atomic E-state index is 6.22. The number of pyridine rings is 2. The van der Waals surface area contributed by atoms with E-state index in [-0.39, 0.29) is 0 Å². The first kappa shape index (κ1) is 14.6. The number of aromatic nitrogens is 3. The molecule has 0 radical (unpaired) electrons. The van der Waals surface area contributed by atoms with Gasteiger partial charge in [0.05, 0.1) is 25.1 Å². The lowest BCUT2D eigenvalue weighted by Gasteiger charge is -2.26. The highest BCUT2D eigenvalue weighted by Crippen LogP contribution is 2.26. The van der Waals surface area contributed by atoms with Gasteiger partial charge in [0.15, 0.2) is 0 Å². The zero-order chi connectivity index (χ0) is 15.6. The lowest BCUT2D eigenvalue weighted by molar-refractivity contribution is 0.0335. The Morgan fingerprint density at radius 2 is 2.00 bits per heavy atom. The minimum atomic E-state index is 0.515. The van der Waals surface area contributed by atoms with Gasteiger partial charge in [0.2, 0.25) is 0 Å². The molecule has 1 aliphatic heterocycles. The molecule has 3 aromatic rings. The first-order valence-corrected chi connectivity index (χ1v) is 8.06. The number of rotatable bonds is 3. The predicted octanol–water partition coefficient (Wildman–Crippen LogP) is 2.88. The fourth-order valence-electron chi connectivity index (χ4n) is 2.90. The van der Waals surface area contributed by atoms with Gasteiger partial charge < -0.3 is 9.14 Å². The van der Waals surface area contributed by atoms with Gasteiger partial charge in [-0.25, -0.2) is 9.97 Å². The second-order valence-corrected chi connectivity index (χ2v) is 5.98. The molecule has 4 heterocycles. The molecule has 0 spiro atoms. The van der Waals surface area contributed by atoms with Crippen molar-refractivity contribution in [2.45, 2.75) is 6.54 Å². The molecule has 0 aromatic carbocycles. The average Bonchev–Trinajstić information content (AvgIpc) is 2.98. The Kier molecular flexibility index (Phi) is 3.99. The molecule has 1 saturated heterocycles. The summed E-state index contributed by atoms with van der Waals surface area (Å²) in [6.45, 7) is 4.39. The average molecular weight is 329 g/mol. The fourth-order valence-corrected chi connectivity index (χ4v) is 3.13. The fraction of sp³-hybridized carbons (Fsp3) is 0.294. The number of imidazole rings is 1. The summed E-state index contributed by atoms with van der Waals surface area (Å²) in [4.78, 5) is 11.0. The summed E-state index contributed by atoms with van der Waals surface area (Å²) >= 11 is 6.22. The summed E-state index contributed by atoms with van der Waals surface area (Å²) in [5.74, 6) is 0. The first-order chi connectivity index (χ1) is 11.3. The molecule has 1 fully saturated rings. The van der Waals surface area contributed by atoms with Crippen molar-refractivity contribution in [3.05, 3.63) is 53.7 Å². The molecule has 3 aromatic heterocycles. The zero-order valence-corrected chi connectivity index (χ0v) is 13.4. The van der Waals surface area contributed by atoms with Gasteiger partial charge in [-0.1, -0.05) is 11.6 Å². The van der Waals surface area contributed by atoms with Crippen LogP contribution in [0.2, 0.25) is 5.15 Å². The van der Waals surface area contributed by atoms with Crippen LogP contribution in [-0.4, -0.2) is 45.6 Å². The van der Waals surface area contributed by atoms with E-state index in [9.17, 15) is 0 Å². The molecular weight excluding hydrogens is 312 g/mol. The lowest BCUT2D eigenvalue weighted by atomic mass is 10.1. The molecular formula is C17H17ClN4O. The van der Waals surface area contributed by atoms with E-state index < -0.39 is 0 Å². The molecule has 23 heavy (non-hydrogen) atoms. The molecule has 1 aliphatic rings. The summed E-state index contributed by atoms with van der Waals surface area (Å²) < 4.78 is 7.54. The van der Waals surface area contributed by atoms with Gasteiger partial charge >= 0.3 is 0 Å². The van der Waals surface area contributed by atoms with Crippen LogP contribution in [0.1, 0.15) is 5.69 Å².